The van der Waals surface area contributed by atoms with E-state index >= 15 is 0 Å². The zero-order valence-corrected chi connectivity index (χ0v) is 19.1. The minimum Gasteiger partial charge on any atom is -0.355 e. The first-order chi connectivity index (χ1) is 16.3. The van der Waals surface area contributed by atoms with E-state index in [2.05, 4.69) is 65.0 Å². The summed E-state index contributed by atoms with van der Waals surface area (Å²) in [6.45, 7) is 0.619. The molecule has 2 aliphatic heterocycles. The minimum atomic E-state index is 0.0150. The van der Waals surface area contributed by atoms with Gasteiger partial charge in [-0.05, 0) is 23.6 Å². The molecular weight excluding hydrogens is 428 g/mol. The molecule has 5 nitrogen and oxygen atoms in total. The van der Waals surface area contributed by atoms with E-state index in [0.29, 0.717) is 12.3 Å². The van der Waals surface area contributed by atoms with Crippen LogP contribution in [0.2, 0.25) is 0 Å². The quantitative estimate of drug-likeness (QED) is 0.513. The molecule has 0 bridgehead atoms. The maximum absolute atomic E-state index is 12.6. The molecule has 166 valence electrons. The number of amidine groups is 1. The predicted octanol–water partition coefficient (Wildman–Crippen LogP) is 5.49. The molecule has 2 heterocycles. The lowest BCUT2D eigenvalue weighted by atomic mass is 9.88. The zero-order valence-electron chi connectivity index (χ0n) is 18.3. The highest BCUT2D eigenvalue weighted by molar-refractivity contribution is 8.14. The standard InChI is InChI=1S/C27H26N4OS/c32-26(19-33-27-30-24-14-8-7-13-23(24)25-16-18-29-31(25)27)28-17-15-22(20-9-3-1-4-10-20)21-11-5-2-6-12-21/h1-14,18,22,25H,15-17,19H2,(H,28,32). The van der Waals surface area contributed by atoms with Gasteiger partial charge >= 0.3 is 0 Å². The van der Waals surface area contributed by atoms with E-state index in [1.54, 1.807) is 0 Å². The molecule has 0 fully saturated rings. The van der Waals surface area contributed by atoms with Crippen LogP contribution in [0.15, 0.2) is 95.0 Å². The summed E-state index contributed by atoms with van der Waals surface area (Å²) in [6.07, 6.45) is 3.64. The number of benzene rings is 3. The highest BCUT2D eigenvalue weighted by Crippen LogP contribution is 2.40. The predicted molar refractivity (Wildman–Crippen MR) is 136 cm³/mol. The number of amides is 1. The molecular formula is C27H26N4OS. The van der Waals surface area contributed by atoms with Crippen LogP contribution in [0.25, 0.3) is 0 Å². The fraction of sp³-hybridized carbons (Fsp3) is 0.222. The number of thioether (sulfide) groups is 1. The molecule has 0 saturated carbocycles. The Kier molecular flexibility index (Phi) is 6.53. The summed E-state index contributed by atoms with van der Waals surface area (Å²) in [5, 5.41) is 10.3. The number of hydrazone groups is 1. The van der Waals surface area contributed by atoms with Crippen molar-refractivity contribution < 1.29 is 4.79 Å². The van der Waals surface area contributed by atoms with Crippen molar-refractivity contribution in [1.82, 2.24) is 10.3 Å². The van der Waals surface area contributed by atoms with Gasteiger partial charge in [-0.25, -0.2) is 10.0 Å². The van der Waals surface area contributed by atoms with Crippen molar-refractivity contribution in [2.75, 3.05) is 12.3 Å². The van der Waals surface area contributed by atoms with Gasteiger partial charge in [-0.15, -0.1) is 0 Å². The van der Waals surface area contributed by atoms with Gasteiger partial charge in [-0.2, -0.15) is 5.10 Å². The summed E-state index contributed by atoms with van der Waals surface area (Å²) in [5.74, 6) is 0.585. The fourth-order valence-corrected chi connectivity index (χ4v) is 5.25. The Bertz CT molecular complexity index is 1120. The van der Waals surface area contributed by atoms with Gasteiger partial charge in [0, 0.05) is 30.7 Å². The molecule has 1 atom stereocenters. The van der Waals surface area contributed by atoms with E-state index in [1.807, 2.05) is 41.6 Å². The summed E-state index contributed by atoms with van der Waals surface area (Å²) in [5.41, 5.74) is 4.69. The number of para-hydroxylation sites is 1. The third kappa shape index (κ3) is 4.86. The second-order valence-electron chi connectivity index (χ2n) is 8.15. The first-order valence-corrected chi connectivity index (χ1v) is 12.3. The molecule has 5 rings (SSSR count). The van der Waals surface area contributed by atoms with Gasteiger partial charge in [0.2, 0.25) is 5.91 Å². The molecule has 3 aromatic carbocycles. The Morgan fingerprint density at radius 1 is 0.970 bits per heavy atom. The summed E-state index contributed by atoms with van der Waals surface area (Å²) >= 11 is 1.45. The third-order valence-electron chi connectivity index (χ3n) is 6.03. The first kappa shape index (κ1) is 21.5. The maximum atomic E-state index is 12.6. The van der Waals surface area contributed by atoms with Gasteiger partial charge in [0.25, 0.3) is 0 Å². The molecule has 6 heteroatoms. The number of hydrogen-bond donors (Lipinski definition) is 1. The Morgan fingerprint density at radius 3 is 2.36 bits per heavy atom. The molecule has 0 aromatic heterocycles. The van der Waals surface area contributed by atoms with Crippen LogP contribution in [0, 0.1) is 0 Å². The minimum absolute atomic E-state index is 0.0150. The van der Waals surface area contributed by atoms with Crippen molar-refractivity contribution in [2.24, 2.45) is 10.1 Å². The van der Waals surface area contributed by atoms with Gasteiger partial charge in [0.15, 0.2) is 5.17 Å². The van der Waals surface area contributed by atoms with Crippen molar-refractivity contribution >= 4 is 34.7 Å². The molecule has 0 saturated heterocycles. The van der Waals surface area contributed by atoms with Gasteiger partial charge in [0.05, 0.1) is 17.5 Å². The summed E-state index contributed by atoms with van der Waals surface area (Å²) in [4.78, 5) is 17.4. The molecule has 3 aromatic rings. The van der Waals surface area contributed by atoms with E-state index in [0.717, 1.165) is 23.7 Å². The molecule has 2 aliphatic rings. The smallest absolute Gasteiger partial charge is 0.230 e. The number of aliphatic imine (C=N–C) groups is 1. The monoisotopic (exact) mass is 454 g/mol. The van der Waals surface area contributed by atoms with E-state index in [4.69, 9.17) is 4.99 Å². The van der Waals surface area contributed by atoms with Crippen LogP contribution in [0.1, 0.15) is 41.5 Å². The van der Waals surface area contributed by atoms with E-state index in [1.165, 1.54) is 28.5 Å². The largest absolute Gasteiger partial charge is 0.355 e. The van der Waals surface area contributed by atoms with E-state index in [-0.39, 0.29) is 17.9 Å². The third-order valence-corrected chi connectivity index (χ3v) is 6.97. The average Bonchev–Trinajstić information content (AvgIpc) is 3.37. The van der Waals surface area contributed by atoms with Crippen LogP contribution in [0.4, 0.5) is 5.69 Å². The van der Waals surface area contributed by atoms with Crippen LogP contribution in [0.3, 0.4) is 0 Å². The summed E-state index contributed by atoms with van der Waals surface area (Å²) < 4.78 is 0. The van der Waals surface area contributed by atoms with Crippen molar-refractivity contribution in [1.29, 1.82) is 0 Å². The van der Waals surface area contributed by atoms with Crippen LogP contribution < -0.4 is 5.32 Å². The molecule has 0 radical (unpaired) electrons. The van der Waals surface area contributed by atoms with Crippen molar-refractivity contribution in [3.05, 3.63) is 102 Å². The lowest BCUT2D eigenvalue weighted by molar-refractivity contribution is -0.118. The highest BCUT2D eigenvalue weighted by atomic mass is 32.2. The second kappa shape index (κ2) is 10.0. The fourth-order valence-electron chi connectivity index (χ4n) is 4.41. The maximum Gasteiger partial charge on any atom is 0.230 e. The van der Waals surface area contributed by atoms with Gasteiger partial charge in [0.1, 0.15) is 0 Å². The van der Waals surface area contributed by atoms with Crippen LogP contribution >= 0.6 is 11.8 Å². The number of nitrogens with one attached hydrogen (secondary N) is 1. The summed E-state index contributed by atoms with van der Waals surface area (Å²) in [6, 6.07) is 29.3. The molecule has 0 aliphatic carbocycles. The number of fused-ring (bicyclic) bond motifs is 3. The molecule has 0 spiro atoms. The molecule has 1 unspecified atom stereocenters. The molecule has 1 amide bonds. The van der Waals surface area contributed by atoms with Crippen molar-refractivity contribution in [3.8, 4) is 0 Å². The normalized spacial score (nSPS) is 16.3. The summed E-state index contributed by atoms with van der Waals surface area (Å²) in [7, 11) is 0. The SMILES string of the molecule is O=C(CSC1=Nc2ccccc2C2CC=NN12)NCCC(c1ccccc1)c1ccccc1. The number of rotatable bonds is 7. The lowest BCUT2D eigenvalue weighted by Gasteiger charge is -2.29. The Labute approximate surface area is 198 Å². The van der Waals surface area contributed by atoms with Gasteiger partial charge in [-0.3, -0.25) is 4.79 Å². The number of nitrogens with zero attached hydrogens (tertiary/aromatic N) is 3. The van der Waals surface area contributed by atoms with Crippen molar-refractivity contribution in [2.45, 2.75) is 24.8 Å². The Balaban J connectivity index is 1.19. The number of carbonyl (C=O) groups is 1. The zero-order chi connectivity index (χ0) is 22.5. The van der Waals surface area contributed by atoms with Gasteiger partial charge < -0.3 is 5.32 Å². The number of carbonyl (C=O) groups excluding carboxylic acids is 1. The van der Waals surface area contributed by atoms with Crippen LogP contribution in [-0.4, -0.2) is 34.6 Å². The van der Waals surface area contributed by atoms with Crippen LogP contribution in [0.5, 0.6) is 0 Å². The molecule has 1 N–H and O–H groups in total. The van der Waals surface area contributed by atoms with E-state index < -0.39 is 0 Å². The van der Waals surface area contributed by atoms with Crippen molar-refractivity contribution in [3.63, 3.8) is 0 Å². The number of hydrogen-bond acceptors (Lipinski definition) is 5. The Morgan fingerprint density at radius 2 is 1.64 bits per heavy atom. The Hall–Kier alpha value is -3.38. The average molecular weight is 455 g/mol. The first-order valence-electron chi connectivity index (χ1n) is 11.3. The highest BCUT2D eigenvalue weighted by Gasteiger charge is 2.32. The topological polar surface area (TPSA) is 57.1 Å². The van der Waals surface area contributed by atoms with Gasteiger partial charge in [-0.1, -0.05) is 90.6 Å². The second-order valence-corrected chi connectivity index (χ2v) is 9.09. The lowest BCUT2D eigenvalue weighted by Crippen LogP contribution is -2.31. The van der Waals surface area contributed by atoms with E-state index in [9.17, 15) is 4.79 Å². The van der Waals surface area contributed by atoms with Crippen LogP contribution in [-0.2, 0) is 4.79 Å². The molecule has 33 heavy (non-hydrogen) atoms.